The summed E-state index contributed by atoms with van der Waals surface area (Å²) in [5.41, 5.74) is 1.01. The Morgan fingerprint density at radius 1 is 1.31 bits per heavy atom. The van der Waals surface area contributed by atoms with Crippen molar-refractivity contribution >= 4 is 12.6 Å². The lowest BCUT2D eigenvalue weighted by Gasteiger charge is -2.11. The molecule has 0 amide bonds. The van der Waals surface area contributed by atoms with Crippen LogP contribution in [0.1, 0.15) is 25.3 Å². The predicted octanol–water partition coefficient (Wildman–Crippen LogP) is 0.629. The van der Waals surface area contributed by atoms with E-state index in [0.29, 0.717) is 0 Å². The van der Waals surface area contributed by atoms with Gasteiger partial charge >= 0.3 is 7.12 Å². The van der Waals surface area contributed by atoms with Gasteiger partial charge in [-0.05, 0) is 29.1 Å². The molecule has 0 aliphatic rings. The van der Waals surface area contributed by atoms with Crippen molar-refractivity contribution in [2.45, 2.75) is 19.8 Å². The monoisotopic (exact) mass is 182 g/mol. The van der Waals surface area contributed by atoms with Gasteiger partial charge in [0.15, 0.2) is 0 Å². The predicted molar refractivity (Wildman–Crippen MR) is 50.3 cm³/mol. The number of halogens is 1. The van der Waals surface area contributed by atoms with Crippen molar-refractivity contribution in [3.63, 3.8) is 0 Å². The third kappa shape index (κ3) is 2.29. The molecule has 0 aliphatic heterocycles. The number of hydrogen-bond acceptors (Lipinski definition) is 2. The summed E-state index contributed by atoms with van der Waals surface area (Å²) >= 11 is 0. The Hall–Kier alpha value is -0.865. The summed E-state index contributed by atoms with van der Waals surface area (Å²) in [5, 5.41) is 17.9. The molecule has 2 nitrogen and oxygen atoms in total. The van der Waals surface area contributed by atoms with Crippen molar-refractivity contribution in [2.24, 2.45) is 0 Å². The molecule has 1 aromatic carbocycles. The van der Waals surface area contributed by atoms with Crippen LogP contribution in [0, 0.1) is 5.82 Å². The molecule has 0 fully saturated rings. The smallest absolute Gasteiger partial charge is 0.423 e. The van der Waals surface area contributed by atoms with Crippen LogP contribution >= 0.6 is 0 Å². The van der Waals surface area contributed by atoms with Gasteiger partial charge in [-0.3, -0.25) is 0 Å². The third-order valence-corrected chi connectivity index (χ3v) is 1.95. The van der Waals surface area contributed by atoms with Crippen LogP contribution in [-0.2, 0) is 0 Å². The highest BCUT2D eigenvalue weighted by Crippen LogP contribution is 2.12. The average molecular weight is 182 g/mol. The standard InChI is InChI=1S/C9H12BFO2/c1-6(2)8-4-3-7(11)5-9(8)10(12)13/h3-6,12-13H,1-2H3. The quantitative estimate of drug-likeness (QED) is 0.658. The summed E-state index contributed by atoms with van der Waals surface area (Å²) in [6, 6.07) is 4.05. The molecule has 0 bridgehead atoms. The lowest BCUT2D eigenvalue weighted by molar-refractivity contribution is 0.424. The lowest BCUT2D eigenvalue weighted by atomic mass is 9.74. The fourth-order valence-corrected chi connectivity index (χ4v) is 1.30. The Morgan fingerprint density at radius 3 is 2.38 bits per heavy atom. The van der Waals surface area contributed by atoms with Crippen LogP contribution in [0.4, 0.5) is 4.39 Å². The van der Waals surface area contributed by atoms with Crippen LogP contribution in [-0.4, -0.2) is 17.2 Å². The minimum Gasteiger partial charge on any atom is -0.423 e. The highest BCUT2D eigenvalue weighted by atomic mass is 19.1. The molecule has 1 rings (SSSR count). The van der Waals surface area contributed by atoms with Gasteiger partial charge in [0.1, 0.15) is 5.82 Å². The molecule has 0 spiro atoms. The van der Waals surface area contributed by atoms with Crippen LogP contribution < -0.4 is 5.46 Å². The summed E-state index contributed by atoms with van der Waals surface area (Å²) in [7, 11) is -1.60. The van der Waals surface area contributed by atoms with Crippen molar-refractivity contribution in [1.82, 2.24) is 0 Å². The van der Waals surface area contributed by atoms with Gasteiger partial charge in [-0.15, -0.1) is 0 Å². The molecule has 0 atom stereocenters. The van der Waals surface area contributed by atoms with Crippen molar-refractivity contribution in [1.29, 1.82) is 0 Å². The second-order valence-electron chi connectivity index (χ2n) is 3.30. The topological polar surface area (TPSA) is 40.5 Å². The lowest BCUT2D eigenvalue weighted by Crippen LogP contribution is -2.33. The maximum absolute atomic E-state index is 12.7. The molecule has 0 radical (unpaired) electrons. The van der Waals surface area contributed by atoms with E-state index in [1.807, 2.05) is 13.8 Å². The molecule has 1 aromatic rings. The van der Waals surface area contributed by atoms with E-state index in [-0.39, 0.29) is 11.4 Å². The van der Waals surface area contributed by atoms with Crippen LogP contribution in [0.5, 0.6) is 0 Å². The molecule has 4 heteroatoms. The average Bonchev–Trinajstić information content (AvgIpc) is 2.03. The minimum absolute atomic E-state index is 0.150. The maximum atomic E-state index is 12.7. The van der Waals surface area contributed by atoms with Crippen LogP contribution in [0.3, 0.4) is 0 Å². The number of hydrogen-bond donors (Lipinski definition) is 2. The van der Waals surface area contributed by atoms with E-state index in [9.17, 15) is 4.39 Å². The van der Waals surface area contributed by atoms with E-state index in [2.05, 4.69) is 0 Å². The molecule has 0 saturated heterocycles. The Bertz CT molecular complexity index is 300. The first-order valence-electron chi connectivity index (χ1n) is 4.18. The highest BCUT2D eigenvalue weighted by molar-refractivity contribution is 6.59. The van der Waals surface area contributed by atoms with Gasteiger partial charge in [-0.2, -0.15) is 0 Å². The van der Waals surface area contributed by atoms with Crippen molar-refractivity contribution in [3.05, 3.63) is 29.6 Å². The van der Waals surface area contributed by atoms with Gasteiger partial charge in [0.2, 0.25) is 0 Å². The van der Waals surface area contributed by atoms with Crippen LogP contribution in [0.2, 0.25) is 0 Å². The zero-order valence-electron chi connectivity index (χ0n) is 7.66. The van der Waals surface area contributed by atoms with Gasteiger partial charge in [0, 0.05) is 0 Å². The van der Waals surface area contributed by atoms with E-state index < -0.39 is 12.9 Å². The van der Waals surface area contributed by atoms with Crippen LogP contribution in [0.25, 0.3) is 0 Å². The summed E-state index contributed by atoms with van der Waals surface area (Å²) < 4.78 is 12.7. The molecule has 0 heterocycles. The summed E-state index contributed by atoms with van der Waals surface area (Å²) in [5.74, 6) is -0.301. The molecule has 2 N–H and O–H groups in total. The van der Waals surface area contributed by atoms with E-state index in [4.69, 9.17) is 10.0 Å². The largest absolute Gasteiger partial charge is 0.488 e. The molecule has 0 unspecified atom stereocenters. The first kappa shape index (κ1) is 10.2. The minimum atomic E-state index is -1.60. The Balaban J connectivity index is 3.19. The first-order valence-corrected chi connectivity index (χ1v) is 4.18. The number of rotatable bonds is 2. The second kappa shape index (κ2) is 3.90. The maximum Gasteiger partial charge on any atom is 0.488 e. The molecular formula is C9H12BFO2. The number of benzene rings is 1. The summed E-state index contributed by atoms with van der Waals surface area (Å²) in [6.07, 6.45) is 0. The van der Waals surface area contributed by atoms with Crippen LogP contribution in [0.15, 0.2) is 18.2 Å². The third-order valence-electron chi connectivity index (χ3n) is 1.95. The summed E-state index contributed by atoms with van der Waals surface area (Å²) in [4.78, 5) is 0. The Labute approximate surface area is 77.2 Å². The molecule has 0 aromatic heterocycles. The Morgan fingerprint density at radius 2 is 1.92 bits per heavy atom. The Kier molecular flexibility index (Phi) is 3.06. The highest BCUT2D eigenvalue weighted by Gasteiger charge is 2.18. The fraction of sp³-hybridized carbons (Fsp3) is 0.333. The normalized spacial score (nSPS) is 10.6. The van der Waals surface area contributed by atoms with Crippen molar-refractivity contribution in [3.8, 4) is 0 Å². The van der Waals surface area contributed by atoms with Gasteiger partial charge in [-0.1, -0.05) is 19.9 Å². The zero-order chi connectivity index (χ0) is 10.0. The van der Waals surface area contributed by atoms with Gasteiger partial charge in [-0.25, -0.2) is 4.39 Å². The SMILES string of the molecule is CC(C)c1ccc(F)cc1B(O)O. The van der Waals surface area contributed by atoms with E-state index in [1.165, 1.54) is 6.07 Å². The first-order chi connectivity index (χ1) is 6.02. The van der Waals surface area contributed by atoms with Gasteiger partial charge in [0.25, 0.3) is 0 Å². The van der Waals surface area contributed by atoms with E-state index in [1.54, 1.807) is 6.07 Å². The van der Waals surface area contributed by atoms with Gasteiger partial charge < -0.3 is 10.0 Å². The van der Waals surface area contributed by atoms with Gasteiger partial charge in [0.05, 0.1) is 0 Å². The molecule has 0 saturated carbocycles. The fourth-order valence-electron chi connectivity index (χ4n) is 1.30. The van der Waals surface area contributed by atoms with Crippen molar-refractivity contribution < 1.29 is 14.4 Å². The van der Waals surface area contributed by atoms with E-state index in [0.717, 1.165) is 11.6 Å². The van der Waals surface area contributed by atoms with Crippen molar-refractivity contribution in [2.75, 3.05) is 0 Å². The molecule has 70 valence electrons. The molecular weight excluding hydrogens is 170 g/mol. The molecule has 13 heavy (non-hydrogen) atoms. The van der Waals surface area contributed by atoms with E-state index >= 15 is 0 Å². The second-order valence-corrected chi connectivity index (χ2v) is 3.30. The zero-order valence-corrected chi connectivity index (χ0v) is 7.66. The summed E-state index contributed by atoms with van der Waals surface area (Å²) in [6.45, 7) is 3.83. The molecule has 0 aliphatic carbocycles.